The fourth-order valence-corrected chi connectivity index (χ4v) is 3.25. The summed E-state index contributed by atoms with van der Waals surface area (Å²) >= 11 is 8.53. The van der Waals surface area contributed by atoms with Gasteiger partial charge in [0.2, 0.25) is 0 Å². The van der Waals surface area contributed by atoms with Crippen molar-refractivity contribution in [1.82, 2.24) is 0 Å². The van der Waals surface area contributed by atoms with Gasteiger partial charge >= 0.3 is 5.97 Å². The lowest BCUT2D eigenvalue weighted by molar-refractivity contribution is -0.147. The van der Waals surface area contributed by atoms with Crippen molar-refractivity contribution in [2.45, 2.75) is 26.7 Å². The van der Waals surface area contributed by atoms with Crippen LogP contribution in [0.25, 0.3) is 0 Å². The Morgan fingerprint density at radius 3 is 2.53 bits per heavy atom. The molecular weight excluding hydrogens is 344 g/mol. The molecular formula is C10H12Br2O2S. The van der Waals surface area contributed by atoms with Crippen LogP contribution in [0, 0.1) is 5.41 Å². The second-order valence-electron chi connectivity index (χ2n) is 4.01. The number of carboxylic acid groups (broad SMARTS) is 1. The zero-order valence-electron chi connectivity index (χ0n) is 8.51. The summed E-state index contributed by atoms with van der Waals surface area (Å²) in [6.45, 7) is 3.51. The Bertz CT molecular complexity index is 371. The molecule has 5 heteroatoms. The molecule has 0 aliphatic carbocycles. The van der Waals surface area contributed by atoms with Crippen molar-refractivity contribution in [3.8, 4) is 0 Å². The Labute approximate surface area is 110 Å². The first-order valence-corrected chi connectivity index (χ1v) is 6.96. The summed E-state index contributed by atoms with van der Waals surface area (Å²) in [7, 11) is 0. The number of carbonyl (C=O) groups is 1. The van der Waals surface area contributed by atoms with Crippen molar-refractivity contribution in [1.29, 1.82) is 0 Å². The molecule has 1 aromatic heterocycles. The minimum atomic E-state index is -0.741. The van der Waals surface area contributed by atoms with E-state index in [4.69, 9.17) is 5.11 Å². The predicted octanol–water partition coefficient (Wildman–Crippen LogP) is 4.32. The van der Waals surface area contributed by atoms with E-state index in [1.165, 1.54) is 4.88 Å². The Balaban J connectivity index is 2.65. The molecule has 0 aromatic carbocycles. The average Bonchev–Trinajstić information content (AvgIpc) is 2.45. The van der Waals surface area contributed by atoms with Crippen molar-refractivity contribution >= 4 is 49.2 Å². The van der Waals surface area contributed by atoms with Crippen molar-refractivity contribution in [3.63, 3.8) is 0 Å². The highest BCUT2D eigenvalue weighted by Crippen LogP contribution is 2.35. The molecule has 1 rings (SSSR count). The molecule has 0 amide bonds. The summed E-state index contributed by atoms with van der Waals surface area (Å²) in [6, 6.07) is 0. The van der Waals surface area contributed by atoms with E-state index in [9.17, 15) is 4.79 Å². The number of aliphatic carboxylic acids is 1. The highest BCUT2D eigenvalue weighted by atomic mass is 79.9. The zero-order chi connectivity index (χ0) is 11.6. The molecule has 1 aromatic rings. The molecule has 0 aliphatic rings. The maximum absolute atomic E-state index is 10.9. The maximum atomic E-state index is 10.9. The first kappa shape index (κ1) is 13.2. The minimum Gasteiger partial charge on any atom is -0.481 e. The summed E-state index contributed by atoms with van der Waals surface area (Å²) in [6.07, 6.45) is 1.43. The number of halogens is 2. The quantitative estimate of drug-likeness (QED) is 0.873. The van der Waals surface area contributed by atoms with Crippen LogP contribution >= 0.6 is 43.2 Å². The number of hydrogen-bond donors (Lipinski definition) is 1. The second kappa shape index (κ2) is 4.97. The Morgan fingerprint density at radius 1 is 1.53 bits per heavy atom. The summed E-state index contributed by atoms with van der Waals surface area (Å²) in [4.78, 5) is 12.1. The number of aryl methyl sites for hydroxylation is 1. The van der Waals surface area contributed by atoms with E-state index < -0.39 is 11.4 Å². The summed E-state index contributed by atoms with van der Waals surface area (Å²) in [5, 5.41) is 11.0. The predicted molar refractivity (Wildman–Crippen MR) is 69.5 cm³/mol. The van der Waals surface area contributed by atoms with E-state index in [1.54, 1.807) is 25.2 Å². The van der Waals surface area contributed by atoms with Crippen molar-refractivity contribution in [2.75, 3.05) is 0 Å². The van der Waals surface area contributed by atoms with Gasteiger partial charge in [-0.2, -0.15) is 0 Å². The number of carboxylic acids is 1. The van der Waals surface area contributed by atoms with Gasteiger partial charge in [0.15, 0.2) is 0 Å². The monoisotopic (exact) mass is 354 g/mol. The molecule has 1 N–H and O–H groups in total. The number of thiophene rings is 1. The maximum Gasteiger partial charge on any atom is 0.309 e. The fraction of sp³-hybridized carbons (Fsp3) is 0.500. The van der Waals surface area contributed by atoms with Gasteiger partial charge in [-0.15, -0.1) is 11.3 Å². The van der Waals surface area contributed by atoms with Gasteiger partial charge in [-0.25, -0.2) is 0 Å². The van der Waals surface area contributed by atoms with E-state index in [2.05, 4.69) is 31.9 Å². The zero-order valence-corrected chi connectivity index (χ0v) is 12.5. The summed E-state index contributed by atoms with van der Waals surface area (Å²) in [5.74, 6) is -0.741. The molecule has 84 valence electrons. The molecule has 0 radical (unpaired) electrons. The number of rotatable bonds is 4. The fourth-order valence-electron chi connectivity index (χ4n) is 1.06. The van der Waals surface area contributed by atoms with Crippen LogP contribution in [0.15, 0.2) is 14.3 Å². The van der Waals surface area contributed by atoms with Gasteiger partial charge in [0, 0.05) is 19.2 Å². The van der Waals surface area contributed by atoms with E-state index in [0.717, 1.165) is 15.4 Å². The summed E-state index contributed by atoms with van der Waals surface area (Å²) < 4.78 is 2.09. The van der Waals surface area contributed by atoms with Crippen molar-refractivity contribution < 1.29 is 9.90 Å². The average molecular weight is 356 g/mol. The van der Waals surface area contributed by atoms with Gasteiger partial charge in [-0.1, -0.05) is 0 Å². The summed E-state index contributed by atoms with van der Waals surface area (Å²) in [5.41, 5.74) is -0.657. The Kier molecular flexibility index (Phi) is 4.38. The van der Waals surface area contributed by atoms with Gasteiger partial charge in [0.05, 0.1) is 5.41 Å². The molecule has 0 unspecified atom stereocenters. The van der Waals surface area contributed by atoms with Crippen LogP contribution in [0.2, 0.25) is 0 Å². The van der Waals surface area contributed by atoms with E-state index in [0.29, 0.717) is 6.42 Å². The lowest BCUT2D eigenvalue weighted by atomic mass is 9.88. The van der Waals surface area contributed by atoms with Gasteiger partial charge in [0.25, 0.3) is 0 Å². The SMILES string of the molecule is CC(C)(CCc1scc(Br)c1Br)C(=O)O. The van der Waals surface area contributed by atoms with Crippen LogP contribution < -0.4 is 0 Å². The normalized spacial score (nSPS) is 11.7. The van der Waals surface area contributed by atoms with Gasteiger partial charge in [-0.05, 0) is 58.5 Å². The third-order valence-corrected chi connectivity index (χ3v) is 5.99. The van der Waals surface area contributed by atoms with Crippen LogP contribution in [-0.2, 0) is 11.2 Å². The smallest absolute Gasteiger partial charge is 0.309 e. The van der Waals surface area contributed by atoms with Crippen LogP contribution in [0.1, 0.15) is 25.1 Å². The molecule has 15 heavy (non-hydrogen) atoms. The van der Waals surface area contributed by atoms with Gasteiger partial charge in [-0.3, -0.25) is 4.79 Å². The molecule has 0 bridgehead atoms. The van der Waals surface area contributed by atoms with Crippen LogP contribution in [0.5, 0.6) is 0 Å². The molecule has 0 saturated carbocycles. The van der Waals surface area contributed by atoms with Crippen LogP contribution in [0.4, 0.5) is 0 Å². The first-order valence-electron chi connectivity index (χ1n) is 4.49. The lowest BCUT2D eigenvalue weighted by Crippen LogP contribution is -2.24. The van der Waals surface area contributed by atoms with Gasteiger partial charge < -0.3 is 5.11 Å². The molecule has 2 nitrogen and oxygen atoms in total. The molecule has 0 saturated heterocycles. The van der Waals surface area contributed by atoms with Crippen molar-refractivity contribution in [2.24, 2.45) is 5.41 Å². The van der Waals surface area contributed by atoms with Crippen LogP contribution in [0.3, 0.4) is 0 Å². The standard InChI is InChI=1S/C10H12Br2O2S/c1-10(2,9(13)14)4-3-7-8(12)6(11)5-15-7/h5H,3-4H2,1-2H3,(H,13,14). The molecule has 0 spiro atoms. The van der Waals surface area contributed by atoms with Crippen molar-refractivity contribution in [3.05, 3.63) is 19.2 Å². The van der Waals surface area contributed by atoms with Gasteiger partial charge in [0.1, 0.15) is 0 Å². The third kappa shape index (κ3) is 3.29. The second-order valence-corrected chi connectivity index (χ2v) is 6.62. The third-order valence-electron chi connectivity index (χ3n) is 2.32. The van der Waals surface area contributed by atoms with E-state index >= 15 is 0 Å². The number of hydrogen-bond acceptors (Lipinski definition) is 2. The molecule has 0 aliphatic heterocycles. The topological polar surface area (TPSA) is 37.3 Å². The largest absolute Gasteiger partial charge is 0.481 e. The minimum absolute atomic E-state index is 0.647. The Morgan fingerprint density at radius 2 is 2.13 bits per heavy atom. The highest BCUT2D eigenvalue weighted by Gasteiger charge is 2.27. The van der Waals surface area contributed by atoms with E-state index in [1.807, 2.05) is 5.38 Å². The molecule has 1 heterocycles. The molecule has 0 atom stereocenters. The first-order chi connectivity index (χ1) is 6.84. The highest BCUT2D eigenvalue weighted by molar-refractivity contribution is 9.13. The van der Waals surface area contributed by atoms with E-state index in [-0.39, 0.29) is 0 Å². The van der Waals surface area contributed by atoms with Crippen LogP contribution in [-0.4, -0.2) is 11.1 Å². The lowest BCUT2D eigenvalue weighted by Gasteiger charge is -2.18. The molecule has 0 fully saturated rings. The Hall–Kier alpha value is 0.130.